The highest BCUT2D eigenvalue weighted by atomic mass is 32.1. The van der Waals surface area contributed by atoms with Crippen molar-refractivity contribution in [2.75, 3.05) is 20.1 Å². The Morgan fingerprint density at radius 1 is 1.71 bits per heavy atom. The Morgan fingerprint density at radius 3 is 3.21 bits per heavy atom. The molecule has 0 aromatic carbocycles. The van der Waals surface area contributed by atoms with Crippen LogP contribution in [-0.2, 0) is 6.42 Å². The molecule has 0 amide bonds. The zero-order valence-electron chi connectivity index (χ0n) is 8.57. The van der Waals surface area contributed by atoms with Crippen molar-refractivity contribution in [3.05, 3.63) is 16.1 Å². The van der Waals surface area contributed by atoms with Gasteiger partial charge < -0.3 is 5.73 Å². The molecule has 2 N–H and O–H groups in total. The van der Waals surface area contributed by atoms with Crippen LogP contribution in [0.4, 0.5) is 0 Å². The van der Waals surface area contributed by atoms with Gasteiger partial charge in [-0.05, 0) is 39.4 Å². The summed E-state index contributed by atoms with van der Waals surface area (Å²) in [4.78, 5) is 8.20. The molecule has 1 saturated heterocycles. The van der Waals surface area contributed by atoms with Crippen LogP contribution in [0.1, 0.15) is 28.8 Å². The fourth-order valence-electron chi connectivity index (χ4n) is 1.96. The van der Waals surface area contributed by atoms with Crippen molar-refractivity contribution in [1.82, 2.24) is 9.88 Å². The molecule has 1 aromatic heterocycles. The van der Waals surface area contributed by atoms with Gasteiger partial charge in [0, 0.05) is 11.1 Å². The predicted molar refractivity (Wildman–Crippen MR) is 59.5 cm³/mol. The summed E-state index contributed by atoms with van der Waals surface area (Å²) in [5, 5.41) is 1.27. The number of nitrogens with two attached hydrogens (primary N) is 1. The van der Waals surface area contributed by atoms with Gasteiger partial charge in [0.2, 0.25) is 0 Å². The number of thiazole rings is 1. The van der Waals surface area contributed by atoms with Gasteiger partial charge in [-0.25, -0.2) is 4.98 Å². The van der Waals surface area contributed by atoms with E-state index in [0.29, 0.717) is 6.04 Å². The van der Waals surface area contributed by atoms with Gasteiger partial charge in [0.05, 0.1) is 6.04 Å². The van der Waals surface area contributed by atoms with Crippen LogP contribution in [0.25, 0.3) is 0 Å². The van der Waals surface area contributed by atoms with Crippen LogP contribution in [0.3, 0.4) is 0 Å². The zero-order valence-corrected chi connectivity index (χ0v) is 9.39. The number of rotatable bonds is 3. The van der Waals surface area contributed by atoms with E-state index in [4.69, 9.17) is 5.73 Å². The van der Waals surface area contributed by atoms with Crippen molar-refractivity contribution in [3.63, 3.8) is 0 Å². The molecule has 1 unspecified atom stereocenters. The van der Waals surface area contributed by atoms with Crippen LogP contribution < -0.4 is 5.73 Å². The third-order valence-electron chi connectivity index (χ3n) is 2.77. The van der Waals surface area contributed by atoms with Gasteiger partial charge >= 0.3 is 0 Å². The lowest BCUT2D eigenvalue weighted by Gasteiger charge is -2.16. The molecule has 1 aliphatic heterocycles. The van der Waals surface area contributed by atoms with Gasteiger partial charge in [-0.1, -0.05) is 0 Å². The maximum absolute atomic E-state index is 5.52. The minimum absolute atomic E-state index is 0.562. The molecule has 0 aliphatic carbocycles. The van der Waals surface area contributed by atoms with Gasteiger partial charge in [0.25, 0.3) is 0 Å². The second kappa shape index (κ2) is 4.38. The van der Waals surface area contributed by atoms with Gasteiger partial charge in [-0.15, -0.1) is 11.3 Å². The summed E-state index contributed by atoms with van der Waals surface area (Å²) in [6.45, 7) is 1.93. The van der Waals surface area contributed by atoms with Crippen LogP contribution in [0, 0.1) is 0 Å². The molecular weight excluding hydrogens is 194 g/mol. The normalized spacial score (nSPS) is 23.1. The topological polar surface area (TPSA) is 42.2 Å². The van der Waals surface area contributed by atoms with Gasteiger partial charge in [-0.2, -0.15) is 0 Å². The first-order valence-corrected chi connectivity index (χ1v) is 5.98. The third-order valence-corrected chi connectivity index (χ3v) is 3.93. The highest BCUT2D eigenvalue weighted by molar-refractivity contribution is 7.11. The predicted octanol–water partition coefficient (Wildman–Crippen LogP) is 1.41. The van der Waals surface area contributed by atoms with E-state index in [-0.39, 0.29) is 0 Å². The minimum atomic E-state index is 0.562. The Morgan fingerprint density at radius 2 is 2.57 bits per heavy atom. The van der Waals surface area contributed by atoms with Crippen molar-refractivity contribution in [3.8, 4) is 0 Å². The Labute approximate surface area is 88.9 Å². The lowest BCUT2D eigenvalue weighted by atomic mass is 10.2. The summed E-state index contributed by atoms with van der Waals surface area (Å²) in [6.07, 6.45) is 5.51. The van der Waals surface area contributed by atoms with E-state index >= 15 is 0 Å². The molecule has 1 aliphatic rings. The van der Waals surface area contributed by atoms with Crippen LogP contribution in [0.2, 0.25) is 0 Å². The summed E-state index contributed by atoms with van der Waals surface area (Å²) in [7, 11) is 2.18. The Balaban J connectivity index is 2.08. The number of likely N-dealkylation sites (tertiary alicyclic amines) is 1. The number of hydrogen-bond donors (Lipinski definition) is 1. The molecule has 2 heterocycles. The van der Waals surface area contributed by atoms with E-state index in [1.807, 2.05) is 17.5 Å². The molecule has 3 nitrogen and oxygen atoms in total. The molecule has 0 saturated carbocycles. The van der Waals surface area contributed by atoms with Crippen molar-refractivity contribution in [2.45, 2.75) is 25.3 Å². The minimum Gasteiger partial charge on any atom is -0.330 e. The number of aromatic nitrogens is 1. The van der Waals surface area contributed by atoms with E-state index in [2.05, 4.69) is 16.9 Å². The summed E-state index contributed by atoms with van der Waals surface area (Å²) in [5.41, 5.74) is 5.52. The van der Waals surface area contributed by atoms with E-state index in [9.17, 15) is 0 Å². The van der Waals surface area contributed by atoms with E-state index in [1.165, 1.54) is 29.3 Å². The summed E-state index contributed by atoms with van der Waals surface area (Å²) < 4.78 is 0. The van der Waals surface area contributed by atoms with Crippen LogP contribution in [-0.4, -0.2) is 30.0 Å². The van der Waals surface area contributed by atoms with E-state index in [1.54, 1.807) is 0 Å². The van der Waals surface area contributed by atoms with Crippen LogP contribution >= 0.6 is 11.3 Å². The van der Waals surface area contributed by atoms with Crippen LogP contribution in [0.15, 0.2) is 6.20 Å². The SMILES string of the molecule is CN1CCCC1c1ncc(CCN)s1. The molecule has 1 atom stereocenters. The monoisotopic (exact) mass is 211 g/mol. The maximum atomic E-state index is 5.52. The van der Waals surface area contributed by atoms with Gasteiger partial charge in [0.15, 0.2) is 0 Å². The molecule has 14 heavy (non-hydrogen) atoms. The molecule has 0 spiro atoms. The lowest BCUT2D eigenvalue weighted by molar-refractivity contribution is 0.316. The van der Waals surface area contributed by atoms with Crippen molar-refractivity contribution < 1.29 is 0 Å². The smallest absolute Gasteiger partial charge is 0.110 e. The molecule has 2 rings (SSSR count). The number of hydrogen-bond acceptors (Lipinski definition) is 4. The summed E-state index contributed by atoms with van der Waals surface area (Å²) in [6, 6.07) is 0.562. The Hall–Kier alpha value is -0.450. The first-order valence-electron chi connectivity index (χ1n) is 5.16. The average molecular weight is 211 g/mol. The quantitative estimate of drug-likeness (QED) is 0.822. The molecule has 0 radical (unpaired) electrons. The Kier molecular flexibility index (Phi) is 3.15. The lowest BCUT2D eigenvalue weighted by Crippen LogP contribution is -2.17. The average Bonchev–Trinajstić information content (AvgIpc) is 2.74. The zero-order chi connectivity index (χ0) is 9.97. The van der Waals surface area contributed by atoms with Crippen molar-refractivity contribution >= 4 is 11.3 Å². The maximum Gasteiger partial charge on any atom is 0.110 e. The summed E-state index contributed by atoms with van der Waals surface area (Å²) in [5.74, 6) is 0. The second-order valence-corrected chi connectivity index (χ2v) is 4.99. The van der Waals surface area contributed by atoms with Crippen molar-refractivity contribution in [2.24, 2.45) is 5.73 Å². The Bertz CT molecular complexity index is 297. The fourth-order valence-corrected chi connectivity index (χ4v) is 3.09. The first kappa shape index (κ1) is 10.1. The molecule has 1 fully saturated rings. The molecular formula is C10H17N3S. The summed E-state index contributed by atoms with van der Waals surface area (Å²) >= 11 is 1.83. The molecule has 1 aromatic rings. The van der Waals surface area contributed by atoms with E-state index in [0.717, 1.165) is 13.0 Å². The molecule has 78 valence electrons. The molecule has 0 bridgehead atoms. The van der Waals surface area contributed by atoms with Gasteiger partial charge in [0.1, 0.15) is 5.01 Å². The second-order valence-electron chi connectivity index (χ2n) is 3.84. The third kappa shape index (κ3) is 1.97. The van der Waals surface area contributed by atoms with Gasteiger partial charge in [-0.3, -0.25) is 4.90 Å². The highest BCUT2D eigenvalue weighted by Gasteiger charge is 2.24. The fraction of sp³-hybridized carbons (Fsp3) is 0.700. The van der Waals surface area contributed by atoms with Crippen molar-refractivity contribution in [1.29, 1.82) is 0 Å². The van der Waals surface area contributed by atoms with E-state index < -0.39 is 0 Å². The van der Waals surface area contributed by atoms with Crippen LogP contribution in [0.5, 0.6) is 0 Å². The first-order chi connectivity index (χ1) is 6.81. The molecule has 4 heteroatoms. The highest BCUT2D eigenvalue weighted by Crippen LogP contribution is 2.32. The largest absolute Gasteiger partial charge is 0.330 e. The number of nitrogens with zero attached hydrogens (tertiary/aromatic N) is 2. The standard InChI is InChI=1S/C10H17N3S/c1-13-6-2-3-9(13)10-12-7-8(14-10)4-5-11/h7,9H,2-6,11H2,1H3.